The average molecular weight is 557 g/mol. The van der Waals surface area contributed by atoms with Gasteiger partial charge in [0.05, 0.1) is 10.8 Å². The molecule has 4 rings (SSSR count). The Morgan fingerprint density at radius 2 is 1.63 bits per heavy atom. The van der Waals surface area contributed by atoms with Gasteiger partial charge in [0.15, 0.2) is 5.11 Å². The lowest BCUT2D eigenvalue weighted by Crippen LogP contribution is -2.24. The van der Waals surface area contributed by atoms with E-state index in [2.05, 4.69) is 22.0 Å². The van der Waals surface area contributed by atoms with Crippen LogP contribution in [0.2, 0.25) is 0 Å². The number of rotatable bonds is 8. The second kappa shape index (κ2) is 12.7. The summed E-state index contributed by atoms with van der Waals surface area (Å²) in [6.45, 7) is 6.05. The van der Waals surface area contributed by atoms with Crippen LogP contribution in [-0.2, 0) is 4.79 Å². The molecule has 1 heterocycles. The van der Waals surface area contributed by atoms with Gasteiger partial charge < -0.3 is 16.0 Å². The van der Waals surface area contributed by atoms with E-state index in [4.69, 9.17) is 12.2 Å². The van der Waals surface area contributed by atoms with E-state index in [1.54, 1.807) is 0 Å². The van der Waals surface area contributed by atoms with E-state index in [0.717, 1.165) is 33.0 Å². The summed E-state index contributed by atoms with van der Waals surface area (Å²) in [7, 11) is 0. The number of carbonyl (C=O) groups excluding carboxylic acids is 1. The van der Waals surface area contributed by atoms with Crippen LogP contribution in [0.4, 0.5) is 16.4 Å². The van der Waals surface area contributed by atoms with Crippen molar-refractivity contribution in [1.29, 1.82) is 5.26 Å². The number of thiophene rings is 1. The Kier molecular flexibility index (Phi) is 9.19. The summed E-state index contributed by atoms with van der Waals surface area (Å²) in [5, 5.41) is 21.9. The van der Waals surface area contributed by atoms with E-state index in [1.807, 2.05) is 98.9 Å². The van der Waals surface area contributed by atoms with Gasteiger partial charge in [0, 0.05) is 27.2 Å². The highest BCUT2D eigenvalue weighted by Gasteiger charge is 2.22. The van der Waals surface area contributed by atoms with Crippen molar-refractivity contribution in [3.8, 4) is 17.2 Å². The Bertz CT molecular complexity index is 1470. The molecule has 0 aliphatic rings. The Balaban J connectivity index is 1.41. The number of hydrogen-bond acceptors (Lipinski definition) is 5. The van der Waals surface area contributed by atoms with Gasteiger partial charge in [-0.1, -0.05) is 60.5 Å². The smallest absolute Gasteiger partial charge is 0.238 e. The molecule has 192 valence electrons. The van der Waals surface area contributed by atoms with Crippen molar-refractivity contribution in [2.45, 2.75) is 37.3 Å². The zero-order chi connectivity index (χ0) is 27.1. The van der Waals surface area contributed by atoms with Crippen molar-refractivity contribution in [1.82, 2.24) is 0 Å². The highest BCUT2D eigenvalue weighted by atomic mass is 32.2. The van der Waals surface area contributed by atoms with Crippen LogP contribution in [-0.4, -0.2) is 16.3 Å². The largest absolute Gasteiger partial charge is 0.332 e. The number of thiocarbonyl (C=S) groups is 1. The maximum absolute atomic E-state index is 13.2. The van der Waals surface area contributed by atoms with Gasteiger partial charge in [-0.15, -0.1) is 23.1 Å². The van der Waals surface area contributed by atoms with Gasteiger partial charge >= 0.3 is 0 Å². The molecule has 0 saturated heterocycles. The van der Waals surface area contributed by atoms with E-state index in [9.17, 15) is 10.1 Å². The van der Waals surface area contributed by atoms with Crippen molar-refractivity contribution >= 4 is 62.7 Å². The lowest BCUT2D eigenvalue weighted by molar-refractivity contribution is -0.115. The van der Waals surface area contributed by atoms with E-state index in [0.29, 0.717) is 22.1 Å². The summed E-state index contributed by atoms with van der Waals surface area (Å²) in [5.74, 6) is -0.124. The maximum atomic E-state index is 13.2. The lowest BCUT2D eigenvalue weighted by atomic mass is 10.0. The van der Waals surface area contributed by atoms with Gasteiger partial charge in [-0.05, 0) is 68.4 Å². The third-order valence-electron chi connectivity index (χ3n) is 5.85. The summed E-state index contributed by atoms with van der Waals surface area (Å²) >= 11 is 8.33. The van der Waals surface area contributed by atoms with Crippen molar-refractivity contribution < 1.29 is 4.79 Å². The van der Waals surface area contributed by atoms with Gasteiger partial charge in [-0.2, -0.15) is 5.26 Å². The van der Waals surface area contributed by atoms with E-state index in [1.165, 1.54) is 28.7 Å². The number of amides is 1. The third kappa shape index (κ3) is 7.01. The monoisotopic (exact) mass is 556 g/mol. The predicted molar refractivity (Wildman–Crippen MR) is 165 cm³/mol. The lowest BCUT2D eigenvalue weighted by Gasteiger charge is -2.16. The molecule has 0 aliphatic carbocycles. The van der Waals surface area contributed by atoms with Gasteiger partial charge in [0.2, 0.25) is 5.91 Å². The molecule has 0 radical (unpaired) electrons. The number of anilines is 3. The molecule has 1 amide bonds. The number of nitrogens with one attached hydrogen (secondary N) is 3. The highest BCUT2D eigenvalue weighted by molar-refractivity contribution is 8.00. The number of thioether (sulfide) groups is 1. The van der Waals surface area contributed by atoms with Crippen LogP contribution in [0.3, 0.4) is 0 Å². The molecule has 0 spiro atoms. The molecule has 3 aromatic carbocycles. The first-order valence-electron chi connectivity index (χ1n) is 12.2. The Hall–Kier alpha value is -3.64. The van der Waals surface area contributed by atoms with Gasteiger partial charge in [-0.25, -0.2) is 0 Å². The fourth-order valence-corrected chi connectivity index (χ4v) is 5.93. The predicted octanol–water partition coefficient (Wildman–Crippen LogP) is 8.22. The quantitative estimate of drug-likeness (QED) is 0.150. The molecule has 1 atom stereocenters. The maximum Gasteiger partial charge on any atom is 0.238 e. The van der Waals surface area contributed by atoms with E-state index < -0.39 is 0 Å². The minimum Gasteiger partial charge on any atom is -0.332 e. The zero-order valence-electron chi connectivity index (χ0n) is 21.4. The standard InChI is InChI=1S/C30H28N4OS3/c1-4-27(28(35)34-29-25(17-31)26(18-37-29)21-12-8-19(2)9-13-21)38-24-7-5-6-23(16-24)33-30(36)32-22-14-10-20(3)11-15-22/h5-16,18,27H,4H2,1-3H3,(H,34,35)(H2,32,33,36). The summed E-state index contributed by atoms with van der Waals surface area (Å²) in [6, 6.07) is 26.1. The first-order chi connectivity index (χ1) is 18.4. The Morgan fingerprint density at radius 3 is 2.29 bits per heavy atom. The van der Waals surface area contributed by atoms with Gasteiger partial charge in [-0.3, -0.25) is 4.79 Å². The second-order valence-electron chi connectivity index (χ2n) is 8.81. The number of nitrogens with zero attached hydrogens (tertiary/aromatic N) is 1. The highest BCUT2D eigenvalue weighted by Crippen LogP contribution is 2.36. The number of carbonyl (C=O) groups is 1. The summed E-state index contributed by atoms with van der Waals surface area (Å²) in [4.78, 5) is 14.2. The molecule has 3 N–H and O–H groups in total. The van der Waals surface area contributed by atoms with Crippen LogP contribution in [0.1, 0.15) is 30.0 Å². The van der Waals surface area contributed by atoms with E-state index >= 15 is 0 Å². The van der Waals surface area contributed by atoms with Crippen LogP contribution in [0, 0.1) is 25.2 Å². The van der Waals surface area contributed by atoms with Crippen LogP contribution in [0.5, 0.6) is 0 Å². The van der Waals surface area contributed by atoms with Gasteiger partial charge in [0.25, 0.3) is 0 Å². The summed E-state index contributed by atoms with van der Waals surface area (Å²) in [5.41, 5.74) is 6.38. The number of aryl methyl sites for hydroxylation is 2. The molecule has 0 aliphatic heterocycles. The van der Waals surface area contributed by atoms with Crippen LogP contribution in [0.15, 0.2) is 83.1 Å². The van der Waals surface area contributed by atoms with Crippen LogP contribution >= 0.6 is 35.3 Å². The first-order valence-corrected chi connectivity index (χ1v) is 14.3. The Morgan fingerprint density at radius 1 is 0.974 bits per heavy atom. The molecule has 0 fully saturated rings. The molecule has 8 heteroatoms. The Labute approximate surface area is 237 Å². The topological polar surface area (TPSA) is 76.9 Å². The summed E-state index contributed by atoms with van der Waals surface area (Å²) < 4.78 is 0. The SMILES string of the molecule is CCC(Sc1cccc(NC(=S)Nc2ccc(C)cc2)c1)C(=O)Nc1scc(-c2ccc(C)cc2)c1C#N. The molecule has 0 saturated carbocycles. The van der Waals surface area contributed by atoms with E-state index in [-0.39, 0.29) is 11.2 Å². The molecule has 38 heavy (non-hydrogen) atoms. The second-order valence-corrected chi connectivity index (χ2v) is 11.4. The van der Waals surface area contributed by atoms with Crippen LogP contribution < -0.4 is 16.0 Å². The molecule has 1 unspecified atom stereocenters. The molecular formula is C30H28N4OS3. The summed E-state index contributed by atoms with van der Waals surface area (Å²) in [6.07, 6.45) is 0.639. The molecular weight excluding hydrogens is 529 g/mol. The van der Waals surface area contributed by atoms with Crippen LogP contribution in [0.25, 0.3) is 11.1 Å². The fraction of sp³-hybridized carbons (Fsp3) is 0.167. The van der Waals surface area contributed by atoms with Crippen molar-refractivity contribution in [3.05, 3.63) is 94.9 Å². The third-order valence-corrected chi connectivity index (χ3v) is 8.30. The average Bonchev–Trinajstić information content (AvgIpc) is 3.31. The van der Waals surface area contributed by atoms with Gasteiger partial charge in [0.1, 0.15) is 11.1 Å². The number of nitriles is 1. The fourth-order valence-electron chi connectivity index (χ4n) is 3.76. The number of hydrogen-bond donors (Lipinski definition) is 3. The minimum atomic E-state index is -0.320. The molecule has 0 bridgehead atoms. The number of benzene rings is 3. The van der Waals surface area contributed by atoms with Crippen molar-refractivity contribution in [2.24, 2.45) is 0 Å². The molecule has 4 aromatic rings. The first kappa shape index (κ1) is 27.4. The van der Waals surface area contributed by atoms with Crippen molar-refractivity contribution in [2.75, 3.05) is 16.0 Å². The molecule has 1 aromatic heterocycles. The minimum absolute atomic E-state index is 0.124. The zero-order valence-corrected chi connectivity index (χ0v) is 23.8. The van der Waals surface area contributed by atoms with Crippen molar-refractivity contribution in [3.63, 3.8) is 0 Å². The molecule has 5 nitrogen and oxygen atoms in total. The normalized spacial score (nSPS) is 11.3.